The lowest BCUT2D eigenvalue weighted by Crippen LogP contribution is -2.28. The van der Waals surface area contributed by atoms with Crippen LogP contribution >= 0.6 is 22.9 Å². The fourth-order valence-corrected chi connectivity index (χ4v) is 6.22. The number of sulfonamides is 1. The van der Waals surface area contributed by atoms with Crippen LogP contribution in [0.5, 0.6) is 0 Å². The third-order valence-electron chi connectivity index (χ3n) is 4.82. The number of hydrogen-bond acceptors (Lipinski definition) is 4. The molecule has 1 aliphatic heterocycles. The number of rotatable bonds is 4. The molecular weight excluding hydrogens is 414 g/mol. The van der Waals surface area contributed by atoms with Gasteiger partial charge in [0.05, 0.1) is 16.4 Å². The zero-order valence-electron chi connectivity index (χ0n) is 15.4. The standard InChI is InChI=1S/C20H20ClN3O2S2/c1-23-18(14-27-20(23)22-16-7-3-2-4-8-16)15-9-10-17(21)19(13-15)28(25,26)24-11-5-6-12-24/h2-4,7-10,13-14H,5-6,11-12H2,1H3. The van der Waals surface area contributed by atoms with E-state index in [0.29, 0.717) is 13.1 Å². The predicted octanol–water partition coefficient (Wildman–Crippen LogP) is 4.42. The topological polar surface area (TPSA) is 54.7 Å². The normalized spacial score (nSPS) is 16.0. The summed E-state index contributed by atoms with van der Waals surface area (Å²) in [5, 5.41) is 2.24. The van der Waals surface area contributed by atoms with Crippen LogP contribution in [0.25, 0.3) is 11.3 Å². The molecule has 1 fully saturated rings. The minimum atomic E-state index is -3.58. The van der Waals surface area contributed by atoms with Gasteiger partial charge in [-0.2, -0.15) is 4.31 Å². The van der Waals surface area contributed by atoms with Crippen LogP contribution in [0.1, 0.15) is 12.8 Å². The van der Waals surface area contributed by atoms with E-state index in [0.717, 1.165) is 34.6 Å². The maximum Gasteiger partial charge on any atom is 0.244 e. The monoisotopic (exact) mass is 433 g/mol. The number of aromatic nitrogens is 1. The summed E-state index contributed by atoms with van der Waals surface area (Å²) in [6.45, 7) is 1.10. The second-order valence-electron chi connectivity index (χ2n) is 6.67. The summed E-state index contributed by atoms with van der Waals surface area (Å²) in [4.78, 5) is 5.67. The van der Waals surface area contributed by atoms with E-state index in [1.165, 1.54) is 15.6 Å². The average Bonchev–Trinajstić information content (AvgIpc) is 3.35. The minimum Gasteiger partial charge on any atom is -0.320 e. The van der Waals surface area contributed by atoms with Crippen LogP contribution in [0.15, 0.2) is 63.8 Å². The van der Waals surface area contributed by atoms with Gasteiger partial charge in [0, 0.05) is 31.1 Å². The first-order valence-corrected chi connectivity index (χ1v) is 11.7. The van der Waals surface area contributed by atoms with Gasteiger partial charge < -0.3 is 4.57 Å². The van der Waals surface area contributed by atoms with E-state index in [4.69, 9.17) is 11.6 Å². The van der Waals surface area contributed by atoms with Crippen LogP contribution in [0.4, 0.5) is 5.69 Å². The summed E-state index contributed by atoms with van der Waals surface area (Å²) in [7, 11) is -1.65. The van der Waals surface area contributed by atoms with Crippen molar-refractivity contribution >= 4 is 38.6 Å². The van der Waals surface area contributed by atoms with Crippen LogP contribution in [-0.2, 0) is 17.1 Å². The van der Waals surface area contributed by atoms with E-state index < -0.39 is 10.0 Å². The Morgan fingerprint density at radius 1 is 1.07 bits per heavy atom. The first kappa shape index (κ1) is 19.4. The maximum atomic E-state index is 13.0. The summed E-state index contributed by atoms with van der Waals surface area (Å²) < 4.78 is 29.5. The summed E-state index contributed by atoms with van der Waals surface area (Å²) in [6.07, 6.45) is 1.78. The number of hydrogen-bond donors (Lipinski definition) is 0. The second-order valence-corrected chi connectivity index (χ2v) is 9.82. The molecule has 8 heteroatoms. The molecule has 1 aliphatic rings. The molecule has 0 spiro atoms. The smallest absolute Gasteiger partial charge is 0.244 e. The lowest BCUT2D eigenvalue weighted by molar-refractivity contribution is 0.477. The Morgan fingerprint density at radius 2 is 1.79 bits per heavy atom. The first-order valence-electron chi connectivity index (χ1n) is 9.01. The molecular formula is C20H20ClN3O2S2. The van der Waals surface area contributed by atoms with E-state index in [2.05, 4.69) is 4.99 Å². The molecule has 3 aromatic rings. The number of thiazole rings is 1. The van der Waals surface area contributed by atoms with Crippen molar-refractivity contribution in [3.8, 4) is 11.3 Å². The highest BCUT2D eigenvalue weighted by atomic mass is 35.5. The molecule has 146 valence electrons. The molecule has 4 rings (SSSR count). The van der Waals surface area contributed by atoms with Crippen molar-refractivity contribution in [2.75, 3.05) is 13.1 Å². The molecule has 0 saturated carbocycles. The Labute approximate surface area is 173 Å². The highest BCUT2D eigenvalue weighted by Gasteiger charge is 2.29. The fourth-order valence-electron chi connectivity index (χ4n) is 3.27. The quantitative estimate of drug-likeness (QED) is 0.611. The van der Waals surface area contributed by atoms with E-state index in [9.17, 15) is 8.42 Å². The predicted molar refractivity (Wildman–Crippen MR) is 113 cm³/mol. The Bertz CT molecular complexity index is 1160. The van der Waals surface area contributed by atoms with Gasteiger partial charge in [0.25, 0.3) is 0 Å². The van der Waals surface area contributed by atoms with Crippen molar-refractivity contribution in [2.45, 2.75) is 17.7 Å². The van der Waals surface area contributed by atoms with Crippen LogP contribution in [0, 0.1) is 0 Å². The molecule has 0 atom stereocenters. The lowest BCUT2D eigenvalue weighted by atomic mass is 10.2. The maximum absolute atomic E-state index is 13.0. The lowest BCUT2D eigenvalue weighted by Gasteiger charge is -2.17. The number of nitrogens with zero attached hydrogens (tertiary/aromatic N) is 3. The molecule has 0 aliphatic carbocycles. The number of halogens is 1. The van der Waals surface area contributed by atoms with E-state index in [1.54, 1.807) is 12.1 Å². The minimum absolute atomic E-state index is 0.168. The molecule has 1 saturated heterocycles. The summed E-state index contributed by atoms with van der Waals surface area (Å²) >= 11 is 7.78. The molecule has 2 aromatic carbocycles. The van der Waals surface area contributed by atoms with Crippen molar-refractivity contribution in [1.82, 2.24) is 8.87 Å². The van der Waals surface area contributed by atoms with Gasteiger partial charge in [-0.3, -0.25) is 0 Å². The van der Waals surface area contributed by atoms with Crippen molar-refractivity contribution in [3.05, 3.63) is 63.7 Å². The number of para-hydroxylation sites is 1. The summed E-state index contributed by atoms with van der Waals surface area (Å²) in [5.41, 5.74) is 2.57. The van der Waals surface area contributed by atoms with Crippen LogP contribution < -0.4 is 4.80 Å². The molecule has 0 bridgehead atoms. The van der Waals surface area contributed by atoms with Gasteiger partial charge in [-0.1, -0.05) is 35.9 Å². The van der Waals surface area contributed by atoms with Crippen LogP contribution in [0.3, 0.4) is 0 Å². The molecule has 0 amide bonds. The van der Waals surface area contributed by atoms with Gasteiger partial charge in [0.15, 0.2) is 4.80 Å². The molecule has 0 radical (unpaired) electrons. The largest absolute Gasteiger partial charge is 0.320 e. The second kappa shape index (κ2) is 7.83. The van der Waals surface area contributed by atoms with Gasteiger partial charge in [-0.05, 0) is 37.1 Å². The van der Waals surface area contributed by atoms with Crippen molar-refractivity contribution in [3.63, 3.8) is 0 Å². The van der Waals surface area contributed by atoms with Crippen LogP contribution in [0.2, 0.25) is 5.02 Å². The summed E-state index contributed by atoms with van der Waals surface area (Å²) in [6, 6.07) is 14.9. The van der Waals surface area contributed by atoms with Gasteiger partial charge >= 0.3 is 0 Å². The molecule has 1 aromatic heterocycles. The zero-order chi connectivity index (χ0) is 19.7. The third-order valence-corrected chi connectivity index (χ3v) is 8.11. The highest BCUT2D eigenvalue weighted by Crippen LogP contribution is 2.31. The Balaban J connectivity index is 1.76. The Kier molecular flexibility index (Phi) is 5.42. The zero-order valence-corrected chi connectivity index (χ0v) is 17.8. The fraction of sp³-hybridized carbons (Fsp3) is 0.250. The van der Waals surface area contributed by atoms with Gasteiger partial charge in [0.2, 0.25) is 10.0 Å². The molecule has 0 unspecified atom stereocenters. The highest BCUT2D eigenvalue weighted by molar-refractivity contribution is 7.89. The van der Waals surface area contributed by atoms with E-state index in [1.807, 2.05) is 53.4 Å². The number of benzene rings is 2. The first-order chi connectivity index (χ1) is 13.5. The summed E-state index contributed by atoms with van der Waals surface area (Å²) in [5.74, 6) is 0. The van der Waals surface area contributed by atoms with Gasteiger partial charge in [0.1, 0.15) is 4.90 Å². The molecule has 28 heavy (non-hydrogen) atoms. The van der Waals surface area contributed by atoms with Gasteiger partial charge in [-0.25, -0.2) is 13.4 Å². The van der Waals surface area contributed by atoms with Crippen molar-refractivity contribution < 1.29 is 8.42 Å². The SMILES string of the molecule is Cn1c(-c2ccc(Cl)c(S(=O)(=O)N3CCCC3)c2)csc1=Nc1ccccc1. The third kappa shape index (κ3) is 3.67. The Morgan fingerprint density at radius 3 is 2.50 bits per heavy atom. The van der Waals surface area contributed by atoms with Crippen molar-refractivity contribution in [2.24, 2.45) is 12.0 Å². The van der Waals surface area contributed by atoms with Crippen LogP contribution in [-0.4, -0.2) is 30.4 Å². The molecule has 5 nitrogen and oxygen atoms in total. The van der Waals surface area contributed by atoms with Crippen molar-refractivity contribution in [1.29, 1.82) is 0 Å². The van der Waals surface area contributed by atoms with E-state index in [-0.39, 0.29) is 9.92 Å². The molecule has 2 heterocycles. The Hall–Kier alpha value is -1.93. The van der Waals surface area contributed by atoms with Gasteiger partial charge in [-0.15, -0.1) is 11.3 Å². The van der Waals surface area contributed by atoms with E-state index >= 15 is 0 Å². The molecule has 0 N–H and O–H groups in total. The average molecular weight is 434 g/mol.